The first-order valence-electron chi connectivity index (χ1n) is 7.63. The van der Waals surface area contributed by atoms with Crippen molar-refractivity contribution in [2.75, 3.05) is 7.05 Å². The first kappa shape index (κ1) is 22.8. The Hall–Kier alpha value is -2.50. The summed E-state index contributed by atoms with van der Waals surface area (Å²) in [6.45, 7) is 0. The van der Waals surface area contributed by atoms with Gasteiger partial charge in [-0.05, 0) is 36.4 Å². The van der Waals surface area contributed by atoms with Crippen LogP contribution >= 0.6 is 23.8 Å². The molecule has 1 amide bonds. The molecule has 0 N–H and O–H groups in total. The minimum absolute atomic E-state index is 0.264. The van der Waals surface area contributed by atoms with E-state index in [2.05, 4.69) is 21.5 Å². The Balaban J connectivity index is 2.44. The van der Waals surface area contributed by atoms with Crippen LogP contribution in [0, 0.1) is 0 Å². The van der Waals surface area contributed by atoms with Crippen LogP contribution in [0.5, 0.6) is 5.75 Å². The number of rotatable bonds is 6. The molecule has 154 valence electrons. The summed E-state index contributed by atoms with van der Waals surface area (Å²) in [6.07, 6.45) is 0. The van der Waals surface area contributed by atoms with Crippen LogP contribution < -0.4 is 4.18 Å². The van der Waals surface area contributed by atoms with Gasteiger partial charge in [0.1, 0.15) is 5.75 Å². The van der Waals surface area contributed by atoms with Crippen molar-refractivity contribution in [3.05, 3.63) is 64.7 Å². The average molecular weight is 465 g/mol. The van der Waals surface area contributed by atoms with Crippen molar-refractivity contribution in [3.8, 4) is 5.75 Å². The highest BCUT2D eigenvalue weighted by molar-refractivity contribution is 7.88. The molecule has 0 radical (unpaired) electrons. The normalized spacial score (nSPS) is 12.4. The summed E-state index contributed by atoms with van der Waals surface area (Å²) in [5.74, 6) is -1.10. The molecule has 2 aromatic carbocycles. The van der Waals surface area contributed by atoms with E-state index in [1.54, 1.807) is 24.3 Å². The van der Waals surface area contributed by atoms with Gasteiger partial charge in [0.05, 0.1) is 11.1 Å². The van der Waals surface area contributed by atoms with E-state index in [0.717, 1.165) is 22.5 Å². The van der Waals surface area contributed by atoms with Gasteiger partial charge in [0.15, 0.2) is 0 Å². The van der Waals surface area contributed by atoms with Crippen LogP contribution in [-0.4, -0.2) is 43.0 Å². The van der Waals surface area contributed by atoms with Crippen LogP contribution in [0.4, 0.5) is 13.2 Å². The lowest BCUT2D eigenvalue weighted by molar-refractivity contribution is -0.122. The molecule has 2 rings (SSSR count). The number of amides is 1. The molecule has 0 unspecified atom stereocenters. The molecule has 0 fully saturated rings. The van der Waals surface area contributed by atoms with Gasteiger partial charge in [-0.3, -0.25) is 4.79 Å². The molecule has 6 nitrogen and oxygen atoms in total. The summed E-state index contributed by atoms with van der Waals surface area (Å²) in [5.41, 5.74) is -4.38. The smallest absolute Gasteiger partial charge is 0.376 e. The highest BCUT2D eigenvalue weighted by atomic mass is 35.5. The number of hydrogen-bond donors (Lipinski definition) is 0. The molecular weight excluding hydrogens is 453 g/mol. The quantitative estimate of drug-likeness (QED) is 0.214. The standard InChI is InChI=1S/C17H12ClF3N2O4S2/c1-23(15(24)10-28)22-16(11-2-6-13(18)7-3-11)12-4-8-14(9-5-12)27-29(25,26)17(19,20)21/h2-10H,1H3. The highest BCUT2D eigenvalue weighted by Crippen LogP contribution is 2.27. The fourth-order valence-electron chi connectivity index (χ4n) is 2.01. The van der Waals surface area contributed by atoms with Crippen molar-refractivity contribution in [1.29, 1.82) is 0 Å². The summed E-state index contributed by atoms with van der Waals surface area (Å²) in [5, 5.41) is 6.51. The van der Waals surface area contributed by atoms with E-state index in [9.17, 15) is 26.4 Å². The maximum absolute atomic E-state index is 12.4. The van der Waals surface area contributed by atoms with E-state index < -0.39 is 27.3 Å². The average Bonchev–Trinajstić information content (AvgIpc) is 2.65. The zero-order chi connectivity index (χ0) is 21.8. The van der Waals surface area contributed by atoms with Crippen LogP contribution in [0.2, 0.25) is 5.02 Å². The van der Waals surface area contributed by atoms with Crippen molar-refractivity contribution < 1.29 is 30.6 Å². The van der Waals surface area contributed by atoms with E-state index in [0.29, 0.717) is 16.1 Å². The Morgan fingerprint density at radius 3 is 2.03 bits per heavy atom. The van der Waals surface area contributed by atoms with Crippen LogP contribution in [0.15, 0.2) is 53.6 Å². The molecule has 0 saturated carbocycles. The molecule has 29 heavy (non-hydrogen) atoms. The predicted molar refractivity (Wildman–Crippen MR) is 106 cm³/mol. The van der Waals surface area contributed by atoms with Gasteiger partial charge in [-0.15, -0.1) is 0 Å². The zero-order valence-electron chi connectivity index (χ0n) is 14.6. The van der Waals surface area contributed by atoms with Crippen LogP contribution in [-0.2, 0) is 14.9 Å². The number of hydrogen-bond acceptors (Lipinski definition) is 6. The summed E-state index contributed by atoms with van der Waals surface area (Å²) in [6, 6.07) is 11.1. The number of thiocarbonyl (C=S) groups is 1. The molecule has 2 aromatic rings. The number of alkyl halides is 3. The van der Waals surface area contributed by atoms with Crippen LogP contribution in [0.25, 0.3) is 0 Å². The summed E-state index contributed by atoms with van der Waals surface area (Å²) in [7, 11) is -4.42. The minimum Gasteiger partial charge on any atom is -0.376 e. The molecule has 0 bridgehead atoms. The molecule has 0 aliphatic heterocycles. The van der Waals surface area contributed by atoms with Crippen molar-refractivity contribution in [2.45, 2.75) is 5.51 Å². The van der Waals surface area contributed by atoms with Gasteiger partial charge in [-0.2, -0.15) is 26.7 Å². The summed E-state index contributed by atoms with van der Waals surface area (Å²) < 4.78 is 63.6. The van der Waals surface area contributed by atoms with Gasteiger partial charge in [-0.25, -0.2) is 5.01 Å². The fourth-order valence-corrected chi connectivity index (χ4v) is 2.75. The first-order chi connectivity index (χ1) is 13.4. The lowest BCUT2D eigenvalue weighted by atomic mass is 10.0. The van der Waals surface area contributed by atoms with Gasteiger partial charge in [0, 0.05) is 23.2 Å². The second-order valence-corrected chi connectivity index (χ2v) is 7.65. The topological polar surface area (TPSA) is 76.0 Å². The van der Waals surface area contributed by atoms with Gasteiger partial charge in [0.25, 0.3) is 5.91 Å². The lowest BCUT2D eigenvalue weighted by Crippen LogP contribution is -2.28. The Kier molecular flexibility index (Phi) is 6.98. The van der Waals surface area contributed by atoms with E-state index >= 15 is 0 Å². The Morgan fingerprint density at radius 1 is 1.10 bits per heavy atom. The Bertz CT molecular complexity index is 1040. The second-order valence-electron chi connectivity index (χ2n) is 5.44. The van der Waals surface area contributed by atoms with E-state index in [4.69, 9.17) is 11.6 Å². The van der Waals surface area contributed by atoms with E-state index in [-0.39, 0.29) is 5.71 Å². The molecule has 0 aliphatic rings. The SMILES string of the molecule is CN(N=C(c1ccc(Cl)cc1)c1ccc(OS(=O)(=O)C(F)(F)F)cc1)C(=O)C=S. The van der Waals surface area contributed by atoms with Crippen molar-refractivity contribution >= 4 is 50.9 Å². The third-order valence-electron chi connectivity index (χ3n) is 3.40. The number of benzene rings is 2. The first-order valence-corrected chi connectivity index (χ1v) is 9.89. The number of hydrazone groups is 1. The monoisotopic (exact) mass is 464 g/mol. The number of nitrogens with zero attached hydrogens (tertiary/aromatic N) is 2. The Morgan fingerprint density at radius 2 is 1.59 bits per heavy atom. The van der Waals surface area contributed by atoms with Gasteiger partial charge in [0.2, 0.25) is 0 Å². The van der Waals surface area contributed by atoms with Crippen molar-refractivity contribution in [1.82, 2.24) is 5.01 Å². The highest BCUT2D eigenvalue weighted by Gasteiger charge is 2.48. The minimum atomic E-state index is -5.79. The molecule has 0 aromatic heterocycles. The van der Waals surface area contributed by atoms with Gasteiger partial charge >= 0.3 is 15.6 Å². The van der Waals surface area contributed by atoms with Crippen molar-refractivity contribution in [3.63, 3.8) is 0 Å². The van der Waals surface area contributed by atoms with E-state index in [1.165, 1.54) is 19.2 Å². The van der Waals surface area contributed by atoms with Crippen LogP contribution in [0.1, 0.15) is 11.1 Å². The molecule has 0 spiro atoms. The van der Waals surface area contributed by atoms with Crippen molar-refractivity contribution in [2.24, 2.45) is 5.10 Å². The van der Waals surface area contributed by atoms with E-state index in [1.807, 2.05) is 0 Å². The predicted octanol–water partition coefficient (Wildman–Crippen LogP) is 3.78. The van der Waals surface area contributed by atoms with Gasteiger partial charge < -0.3 is 4.18 Å². The maximum atomic E-state index is 12.4. The van der Waals surface area contributed by atoms with Crippen LogP contribution in [0.3, 0.4) is 0 Å². The summed E-state index contributed by atoms with van der Waals surface area (Å²) in [4.78, 5) is 11.7. The zero-order valence-corrected chi connectivity index (χ0v) is 16.9. The molecular formula is C17H12ClF3N2O4S2. The summed E-state index contributed by atoms with van der Waals surface area (Å²) >= 11 is 10.5. The molecule has 0 atom stereocenters. The number of carbonyl (C=O) groups is 1. The Labute approximate surface area is 174 Å². The third kappa shape index (κ3) is 5.75. The molecule has 12 heteroatoms. The largest absolute Gasteiger partial charge is 0.534 e. The molecule has 0 aliphatic carbocycles. The number of carbonyl (C=O) groups excluding carboxylic acids is 1. The fraction of sp³-hybridized carbons (Fsp3) is 0.118. The second kappa shape index (κ2) is 8.89. The lowest BCUT2D eigenvalue weighted by Gasteiger charge is -2.14. The number of halogens is 4. The molecule has 0 saturated heterocycles. The van der Waals surface area contributed by atoms with Gasteiger partial charge in [-0.1, -0.05) is 36.0 Å². The maximum Gasteiger partial charge on any atom is 0.534 e. The molecule has 0 heterocycles. The third-order valence-corrected chi connectivity index (χ3v) is 4.84.